The Kier molecular flexibility index (Phi) is 4.44. The number of carbonyl (C=O) groups is 1. The van der Waals surface area contributed by atoms with Crippen LogP contribution in [-0.4, -0.2) is 40.9 Å². The number of hydrogen-bond acceptors (Lipinski definition) is 4. The van der Waals surface area contributed by atoms with E-state index in [0.29, 0.717) is 12.5 Å². The number of aromatic nitrogens is 2. The SMILES string of the molecule is CN(Cc1ccncn1)C(=O)c1ccccc1[C@H]1CCNC1. The first kappa shape index (κ1) is 14.7. The van der Waals surface area contributed by atoms with E-state index in [9.17, 15) is 4.79 Å². The number of benzene rings is 1. The van der Waals surface area contributed by atoms with Gasteiger partial charge in [0.15, 0.2) is 0 Å². The summed E-state index contributed by atoms with van der Waals surface area (Å²) in [7, 11) is 1.81. The van der Waals surface area contributed by atoms with Crippen molar-refractivity contribution in [1.29, 1.82) is 0 Å². The molecular formula is C17H20N4O. The number of amides is 1. The summed E-state index contributed by atoms with van der Waals surface area (Å²) in [4.78, 5) is 22.6. The highest BCUT2D eigenvalue weighted by Gasteiger charge is 2.23. The molecule has 1 fully saturated rings. The molecule has 2 heterocycles. The molecule has 0 bridgehead atoms. The number of carbonyl (C=O) groups excluding carboxylic acids is 1. The van der Waals surface area contributed by atoms with Crippen molar-refractivity contribution in [3.8, 4) is 0 Å². The number of hydrogen-bond donors (Lipinski definition) is 1. The molecule has 0 radical (unpaired) electrons. The Morgan fingerprint density at radius 2 is 2.23 bits per heavy atom. The summed E-state index contributed by atoms with van der Waals surface area (Å²) in [6.45, 7) is 2.45. The van der Waals surface area contributed by atoms with Crippen LogP contribution in [0.5, 0.6) is 0 Å². The highest BCUT2D eigenvalue weighted by atomic mass is 16.2. The molecule has 114 valence electrons. The van der Waals surface area contributed by atoms with Gasteiger partial charge in [0, 0.05) is 25.4 Å². The summed E-state index contributed by atoms with van der Waals surface area (Å²) in [5.41, 5.74) is 2.78. The van der Waals surface area contributed by atoms with Crippen LogP contribution in [0.25, 0.3) is 0 Å². The van der Waals surface area contributed by atoms with E-state index in [1.807, 2.05) is 31.3 Å². The van der Waals surface area contributed by atoms with Gasteiger partial charge in [-0.1, -0.05) is 18.2 Å². The zero-order valence-electron chi connectivity index (χ0n) is 12.7. The Balaban J connectivity index is 1.79. The van der Waals surface area contributed by atoms with Crippen LogP contribution in [0, 0.1) is 0 Å². The van der Waals surface area contributed by atoms with Crippen molar-refractivity contribution in [3.05, 3.63) is 59.7 Å². The average molecular weight is 296 g/mol. The van der Waals surface area contributed by atoms with Gasteiger partial charge in [-0.25, -0.2) is 9.97 Å². The Morgan fingerprint density at radius 3 is 2.95 bits per heavy atom. The van der Waals surface area contributed by atoms with Crippen LogP contribution in [0.4, 0.5) is 0 Å². The molecule has 0 spiro atoms. The fraction of sp³-hybridized carbons (Fsp3) is 0.353. The van der Waals surface area contributed by atoms with Gasteiger partial charge in [0.05, 0.1) is 12.2 Å². The van der Waals surface area contributed by atoms with E-state index >= 15 is 0 Å². The van der Waals surface area contributed by atoms with Gasteiger partial charge in [0.1, 0.15) is 6.33 Å². The first-order valence-electron chi connectivity index (χ1n) is 7.55. The molecule has 3 rings (SSSR count). The van der Waals surface area contributed by atoms with Crippen molar-refractivity contribution in [3.63, 3.8) is 0 Å². The Labute approximate surface area is 130 Å². The van der Waals surface area contributed by atoms with Crippen LogP contribution in [0.3, 0.4) is 0 Å². The molecular weight excluding hydrogens is 276 g/mol. The van der Waals surface area contributed by atoms with Crippen molar-refractivity contribution in [1.82, 2.24) is 20.2 Å². The second-order valence-electron chi connectivity index (χ2n) is 5.64. The summed E-state index contributed by atoms with van der Waals surface area (Å²) in [5, 5.41) is 3.36. The number of nitrogens with zero attached hydrogens (tertiary/aromatic N) is 3. The smallest absolute Gasteiger partial charge is 0.254 e. The average Bonchev–Trinajstić information content (AvgIpc) is 3.09. The molecule has 1 aromatic heterocycles. The maximum atomic E-state index is 12.8. The first-order chi connectivity index (χ1) is 10.8. The third kappa shape index (κ3) is 3.14. The van der Waals surface area contributed by atoms with Gasteiger partial charge < -0.3 is 10.2 Å². The minimum absolute atomic E-state index is 0.0427. The van der Waals surface area contributed by atoms with Crippen molar-refractivity contribution in [2.24, 2.45) is 0 Å². The van der Waals surface area contributed by atoms with Gasteiger partial charge in [-0.05, 0) is 36.6 Å². The Hall–Kier alpha value is -2.27. The van der Waals surface area contributed by atoms with E-state index in [1.165, 1.54) is 6.33 Å². The largest absolute Gasteiger partial charge is 0.336 e. The molecule has 1 aliphatic rings. The van der Waals surface area contributed by atoms with E-state index in [-0.39, 0.29) is 5.91 Å². The molecule has 1 amide bonds. The molecule has 0 unspecified atom stereocenters. The van der Waals surface area contributed by atoms with Gasteiger partial charge >= 0.3 is 0 Å². The highest BCUT2D eigenvalue weighted by Crippen LogP contribution is 2.26. The standard InChI is InChI=1S/C17H20N4O/c1-21(11-14-7-9-19-12-20-14)17(22)16-5-3-2-4-15(16)13-6-8-18-10-13/h2-5,7,9,12-13,18H,6,8,10-11H2,1H3/t13-/m0/s1. The monoisotopic (exact) mass is 296 g/mol. The molecule has 22 heavy (non-hydrogen) atoms. The molecule has 5 nitrogen and oxygen atoms in total. The molecule has 0 saturated carbocycles. The van der Waals surface area contributed by atoms with E-state index in [2.05, 4.69) is 21.4 Å². The molecule has 1 aromatic carbocycles. The third-order valence-electron chi connectivity index (χ3n) is 4.08. The van der Waals surface area contributed by atoms with E-state index in [1.54, 1.807) is 11.1 Å². The second kappa shape index (κ2) is 6.66. The molecule has 1 aliphatic heterocycles. The van der Waals surface area contributed by atoms with Crippen molar-refractivity contribution < 1.29 is 4.79 Å². The Morgan fingerprint density at radius 1 is 1.36 bits per heavy atom. The molecule has 1 atom stereocenters. The molecule has 2 aromatic rings. The summed E-state index contributed by atoms with van der Waals surface area (Å²) in [6, 6.07) is 9.76. The van der Waals surface area contributed by atoms with E-state index in [4.69, 9.17) is 0 Å². The lowest BCUT2D eigenvalue weighted by molar-refractivity contribution is 0.0782. The summed E-state index contributed by atoms with van der Waals surface area (Å²) >= 11 is 0. The molecule has 5 heteroatoms. The fourth-order valence-corrected chi connectivity index (χ4v) is 2.90. The minimum atomic E-state index is 0.0427. The lowest BCUT2D eigenvalue weighted by atomic mass is 9.93. The van der Waals surface area contributed by atoms with Crippen LogP contribution in [-0.2, 0) is 6.54 Å². The van der Waals surface area contributed by atoms with Crippen LogP contribution >= 0.6 is 0 Å². The normalized spacial score (nSPS) is 17.4. The van der Waals surface area contributed by atoms with Gasteiger partial charge in [0.25, 0.3) is 5.91 Å². The zero-order valence-corrected chi connectivity index (χ0v) is 12.7. The van der Waals surface area contributed by atoms with E-state index < -0.39 is 0 Å². The zero-order chi connectivity index (χ0) is 15.4. The van der Waals surface area contributed by atoms with Crippen LogP contribution in [0.2, 0.25) is 0 Å². The summed E-state index contributed by atoms with van der Waals surface area (Å²) in [6.07, 6.45) is 4.28. The minimum Gasteiger partial charge on any atom is -0.336 e. The molecule has 1 saturated heterocycles. The van der Waals surface area contributed by atoms with Crippen molar-refractivity contribution in [2.45, 2.75) is 18.9 Å². The van der Waals surface area contributed by atoms with Crippen LogP contribution in [0.1, 0.15) is 34.0 Å². The van der Waals surface area contributed by atoms with Gasteiger partial charge in [0.2, 0.25) is 0 Å². The Bertz CT molecular complexity index is 638. The summed E-state index contributed by atoms with van der Waals surface area (Å²) in [5.74, 6) is 0.466. The highest BCUT2D eigenvalue weighted by molar-refractivity contribution is 5.95. The van der Waals surface area contributed by atoms with Gasteiger partial charge in [-0.15, -0.1) is 0 Å². The van der Waals surface area contributed by atoms with E-state index in [0.717, 1.165) is 36.3 Å². The lowest BCUT2D eigenvalue weighted by Gasteiger charge is -2.20. The number of nitrogens with one attached hydrogen (secondary N) is 1. The van der Waals surface area contributed by atoms with Crippen LogP contribution < -0.4 is 5.32 Å². The first-order valence-corrected chi connectivity index (χ1v) is 7.55. The van der Waals surface area contributed by atoms with Crippen molar-refractivity contribution >= 4 is 5.91 Å². The topological polar surface area (TPSA) is 58.1 Å². The van der Waals surface area contributed by atoms with Gasteiger partial charge in [-0.3, -0.25) is 4.79 Å². The second-order valence-corrected chi connectivity index (χ2v) is 5.64. The number of rotatable bonds is 4. The summed E-state index contributed by atoms with van der Waals surface area (Å²) < 4.78 is 0. The lowest BCUT2D eigenvalue weighted by Crippen LogP contribution is -2.28. The fourth-order valence-electron chi connectivity index (χ4n) is 2.90. The quantitative estimate of drug-likeness (QED) is 0.935. The van der Waals surface area contributed by atoms with Crippen LogP contribution in [0.15, 0.2) is 42.9 Å². The van der Waals surface area contributed by atoms with Crippen molar-refractivity contribution in [2.75, 3.05) is 20.1 Å². The predicted octanol–water partition coefficient (Wildman–Crippen LogP) is 1.83. The maximum Gasteiger partial charge on any atom is 0.254 e. The molecule has 0 aliphatic carbocycles. The predicted molar refractivity (Wildman–Crippen MR) is 84.5 cm³/mol. The third-order valence-corrected chi connectivity index (χ3v) is 4.08. The molecule has 1 N–H and O–H groups in total. The maximum absolute atomic E-state index is 12.8. The van der Waals surface area contributed by atoms with Gasteiger partial charge in [-0.2, -0.15) is 0 Å².